The molecule has 0 aliphatic carbocycles. The van der Waals surface area contributed by atoms with E-state index in [2.05, 4.69) is 14.8 Å². The Hall–Kier alpha value is -4.06. The first kappa shape index (κ1) is 27.5. The summed E-state index contributed by atoms with van der Waals surface area (Å²) >= 11 is 0. The summed E-state index contributed by atoms with van der Waals surface area (Å²) in [5.74, 6) is 0.0522. The van der Waals surface area contributed by atoms with Crippen molar-refractivity contribution in [2.75, 3.05) is 24.2 Å². The van der Waals surface area contributed by atoms with Crippen LogP contribution in [0.1, 0.15) is 18.4 Å². The molecule has 0 saturated carbocycles. The Bertz CT molecular complexity index is 1660. The van der Waals surface area contributed by atoms with Crippen molar-refractivity contribution in [1.29, 1.82) is 0 Å². The molecule has 4 aromatic rings. The average molecular weight is 574 g/mol. The minimum Gasteiger partial charge on any atom is -0.406 e. The Morgan fingerprint density at radius 1 is 1.00 bits per heavy atom. The fourth-order valence-electron chi connectivity index (χ4n) is 4.77. The van der Waals surface area contributed by atoms with E-state index in [0.29, 0.717) is 55.1 Å². The number of sulfone groups is 1. The third-order valence-electron chi connectivity index (χ3n) is 6.84. The smallest absolute Gasteiger partial charge is 0.406 e. The van der Waals surface area contributed by atoms with Crippen LogP contribution in [0.15, 0.2) is 82.2 Å². The number of ether oxygens (including phenoxy) is 1. The maximum absolute atomic E-state index is 12.6. The third kappa shape index (κ3) is 6.56. The van der Waals surface area contributed by atoms with Crippen molar-refractivity contribution in [2.45, 2.75) is 31.0 Å². The van der Waals surface area contributed by atoms with Gasteiger partial charge in [-0.1, -0.05) is 17.3 Å². The molecule has 3 heterocycles. The highest BCUT2D eigenvalue weighted by molar-refractivity contribution is 7.91. The lowest BCUT2D eigenvalue weighted by Gasteiger charge is -2.33. The van der Waals surface area contributed by atoms with Crippen LogP contribution >= 0.6 is 0 Å². The normalized spacial score (nSPS) is 14.8. The molecule has 40 heavy (non-hydrogen) atoms. The van der Waals surface area contributed by atoms with Gasteiger partial charge in [-0.05, 0) is 60.9 Å². The van der Waals surface area contributed by atoms with Crippen LogP contribution in [0, 0.1) is 0 Å². The van der Waals surface area contributed by atoms with Crippen LogP contribution in [0.5, 0.6) is 5.75 Å². The van der Waals surface area contributed by atoms with E-state index in [1.165, 1.54) is 36.6 Å². The first-order valence-corrected chi connectivity index (χ1v) is 14.5. The lowest BCUT2D eigenvalue weighted by atomic mass is 10.1. The number of halogens is 3. The molecule has 0 N–H and O–H groups in total. The van der Waals surface area contributed by atoms with Crippen LogP contribution in [0.25, 0.3) is 22.6 Å². The Balaban J connectivity index is 1.30. The van der Waals surface area contributed by atoms with Crippen LogP contribution < -0.4 is 15.2 Å². The predicted octanol–water partition coefficient (Wildman–Crippen LogP) is 5.13. The molecule has 5 rings (SSSR count). The second-order valence-electron chi connectivity index (χ2n) is 9.72. The lowest BCUT2D eigenvalue weighted by Crippen LogP contribution is -2.39. The van der Waals surface area contributed by atoms with Crippen molar-refractivity contribution >= 4 is 15.5 Å². The molecular formula is C28H26F3N3O5S. The summed E-state index contributed by atoms with van der Waals surface area (Å²) in [6.07, 6.45) is -0.667. The first-order chi connectivity index (χ1) is 18.9. The van der Waals surface area contributed by atoms with Crippen molar-refractivity contribution in [1.82, 2.24) is 9.72 Å². The summed E-state index contributed by atoms with van der Waals surface area (Å²) in [4.78, 5) is 14.8. The Morgan fingerprint density at radius 3 is 2.38 bits per heavy atom. The monoisotopic (exact) mass is 573 g/mol. The Kier molecular flexibility index (Phi) is 7.45. The van der Waals surface area contributed by atoms with E-state index in [4.69, 9.17) is 4.52 Å². The zero-order valence-corrected chi connectivity index (χ0v) is 22.3. The van der Waals surface area contributed by atoms with Crippen LogP contribution in [0.3, 0.4) is 0 Å². The largest absolute Gasteiger partial charge is 0.573 e. The zero-order valence-electron chi connectivity index (χ0n) is 21.5. The second kappa shape index (κ2) is 10.8. The molecule has 0 spiro atoms. The number of piperidine rings is 1. The van der Waals surface area contributed by atoms with Gasteiger partial charge >= 0.3 is 6.36 Å². The number of benzene rings is 2. The number of hydrogen-bond acceptors (Lipinski definition) is 7. The molecule has 2 aromatic heterocycles. The lowest BCUT2D eigenvalue weighted by molar-refractivity contribution is -0.274. The van der Waals surface area contributed by atoms with Crippen LogP contribution in [-0.4, -0.2) is 49.1 Å². The molecule has 2 aromatic carbocycles. The molecular weight excluding hydrogens is 547 g/mol. The maximum Gasteiger partial charge on any atom is 0.573 e. The van der Waals surface area contributed by atoms with Crippen molar-refractivity contribution in [2.24, 2.45) is 0 Å². The second-order valence-corrected chi connectivity index (χ2v) is 12.0. The van der Waals surface area contributed by atoms with Crippen molar-refractivity contribution < 1.29 is 30.8 Å². The number of anilines is 1. The molecule has 1 aliphatic rings. The average Bonchev–Trinajstić information content (AvgIpc) is 3.40. The zero-order chi connectivity index (χ0) is 28.5. The van der Waals surface area contributed by atoms with Gasteiger partial charge in [0, 0.05) is 54.5 Å². The van der Waals surface area contributed by atoms with Gasteiger partial charge in [0.2, 0.25) is 0 Å². The standard InChI is InChI=1S/C28H26F3N3O5S/c1-40(36,37)24-11-13-33(14-12-24)22-4-2-3-19(15-22)17-34-18-21(7-10-27(34)35)26-16-25(32-39-26)20-5-8-23(9-6-20)38-28(29,30)31/h2-10,15-16,18,24H,11-14,17H2,1H3. The predicted molar refractivity (Wildman–Crippen MR) is 144 cm³/mol. The van der Waals surface area contributed by atoms with Crippen molar-refractivity contribution in [3.8, 4) is 28.3 Å². The summed E-state index contributed by atoms with van der Waals surface area (Å²) in [6, 6.07) is 17.8. The number of alkyl halides is 3. The fraction of sp³-hybridized carbons (Fsp3) is 0.286. The molecule has 1 saturated heterocycles. The molecule has 1 fully saturated rings. The fourth-order valence-corrected chi connectivity index (χ4v) is 5.83. The quantitative estimate of drug-likeness (QED) is 0.303. The Morgan fingerprint density at radius 2 is 1.70 bits per heavy atom. The van der Waals surface area contributed by atoms with Gasteiger partial charge in [0.05, 0.1) is 11.8 Å². The highest BCUT2D eigenvalue weighted by Crippen LogP contribution is 2.29. The van der Waals surface area contributed by atoms with Crippen molar-refractivity contribution in [3.63, 3.8) is 0 Å². The van der Waals surface area contributed by atoms with Gasteiger partial charge in [0.15, 0.2) is 5.76 Å². The molecule has 210 valence electrons. The highest BCUT2D eigenvalue weighted by Gasteiger charge is 2.31. The molecule has 0 bridgehead atoms. The van der Waals surface area contributed by atoms with Gasteiger partial charge in [-0.2, -0.15) is 0 Å². The molecule has 12 heteroatoms. The van der Waals surface area contributed by atoms with Gasteiger partial charge in [0.25, 0.3) is 5.56 Å². The molecule has 0 amide bonds. The number of pyridine rings is 1. The van der Waals surface area contributed by atoms with E-state index in [9.17, 15) is 26.4 Å². The van der Waals surface area contributed by atoms with E-state index in [1.54, 1.807) is 22.9 Å². The highest BCUT2D eigenvalue weighted by atomic mass is 32.2. The molecule has 0 atom stereocenters. The number of rotatable bonds is 7. The van der Waals surface area contributed by atoms with Gasteiger partial charge in [-0.15, -0.1) is 13.2 Å². The SMILES string of the molecule is CS(=O)(=O)C1CCN(c2cccc(Cn3cc(-c4cc(-c5ccc(OC(F)(F)F)cc5)no4)ccc3=O)c2)CC1. The first-order valence-electron chi connectivity index (χ1n) is 12.5. The van der Waals surface area contributed by atoms with Crippen LogP contribution in [-0.2, 0) is 16.4 Å². The molecule has 1 aliphatic heterocycles. The van der Waals surface area contributed by atoms with E-state index in [0.717, 1.165) is 11.3 Å². The van der Waals surface area contributed by atoms with Crippen LogP contribution in [0.2, 0.25) is 0 Å². The number of nitrogens with zero attached hydrogens (tertiary/aromatic N) is 3. The van der Waals surface area contributed by atoms with E-state index in [-0.39, 0.29) is 16.6 Å². The maximum atomic E-state index is 12.6. The molecule has 0 unspecified atom stereocenters. The van der Waals surface area contributed by atoms with E-state index >= 15 is 0 Å². The van der Waals surface area contributed by atoms with E-state index < -0.39 is 16.2 Å². The number of aromatic nitrogens is 2. The molecule has 0 radical (unpaired) electrons. The molecule has 8 nitrogen and oxygen atoms in total. The minimum atomic E-state index is -4.77. The van der Waals surface area contributed by atoms with Gasteiger partial charge < -0.3 is 18.7 Å². The summed E-state index contributed by atoms with van der Waals surface area (Å²) < 4.78 is 71.9. The minimum absolute atomic E-state index is 0.205. The van der Waals surface area contributed by atoms with Crippen molar-refractivity contribution in [3.05, 3.63) is 88.8 Å². The van der Waals surface area contributed by atoms with Gasteiger partial charge in [-0.3, -0.25) is 4.79 Å². The summed E-state index contributed by atoms with van der Waals surface area (Å²) in [6.45, 7) is 1.59. The summed E-state index contributed by atoms with van der Waals surface area (Å²) in [5, 5.41) is 3.71. The summed E-state index contributed by atoms with van der Waals surface area (Å²) in [7, 11) is -3.05. The van der Waals surface area contributed by atoms with Gasteiger partial charge in [-0.25, -0.2) is 8.42 Å². The van der Waals surface area contributed by atoms with Gasteiger partial charge in [0.1, 0.15) is 21.3 Å². The van der Waals surface area contributed by atoms with E-state index in [1.807, 2.05) is 24.3 Å². The Labute approximate surface area is 228 Å². The third-order valence-corrected chi connectivity index (χ3v) is 8.52. The topological polar surface area (TPSA) is 94.6 Å². The van der Waals surface area contributed by atoms with Crippen LogP contribution in [0.4, 0.5) is 18.9 Å². The summed E-state index contributed by atoms with van der Waals surface area (Å²) in [5.41, 5.74) is 3.23. The number of hydrogen-bond donors (Lipinski definition) is 0.